The van der Waals surface area contributed by atoms with E-state index in [0.29, 0.717) is 16.6 Å². The van der Waals surface area contributed by atoms with Crippen LogP contribution in [-0.4, -0.2) is 22.6 Å². The van der Waals surface area contributed by atoms with Crippen LogP contribution in [0.3, 0.4) is 0 Å². The molecule has 1 amide bonds. The van der Waals surface area contributed by atoms with E-state index in [0.717, 1.165) is 19.4 Å². The number of carbonyl (C=O) groups is 1. The van der Waals surface area contributed by atoms with Gasteiger partial charge in [0.15, 0.2) is 0 Å². The van der Waals surface area contributed by atoms with E-state index >= 15 is 0 Å². The summed E-state index contributed by atoms with van der Waals surface area (Å²) >= 11 is 5.98. The predicted molar refractivity (Wildman–Crippen MR) is 73.7 cm³/mol. The Labute approximate surface area is 120 Å². The lowest BCUT2D eigenvalue weighted by molar-refractivity contribution is 0.101. The molecule has 0 saturated carbocycles. The maximum atomic E-state index is 12.0. The Morgan fingerprint density at radius 3 is 3.05 bits per heavy atom. The zero-order valence-electron chi connectivity index (χ0n) is 10.6. The minimum Gasteiger partial charge on any atom is -0.337 e. The number of para-hydroxylation sites is 1. The van der Waals surface area contributed by atoms with Crippen LogP contribution >= 0.6 is 11.6 Å². The van der Waals surface area contributed by atoms with Crippen LogP contribution in [0, 0.1) is 0 Å². The van der Waals surface area contributed by atoms with Crippen LogP contribution in [0.15, 0.2) is 28.8 Å². The van der Waals surface area contributed by atoms with E-state index < -0.39 is 5.91 Å². The highest BCUT2D eigenvalue weighted by Crippen LogP contribution is 2.23. The second-order valence-corrected chi connectivity index (χ2v) is 4.95. The highest BCUT2D eigenvalue weighted by atomic mass is 35.5. The average Bonchev–Trinajstić information content (AvgIpc) is 3.11. The van der Waals surface area contributed by atoms with E-state index in [1.54, 1.807) is 24.3 Å². The Bertz CT molecular complexity index is 622. The largest absolute Gasteiger partial charge is 0.337 e. The maximum Gasteiger partial charge on any atom is 0.297 e. The number of hydrogen-bond acceptors (Lipinski definition) is 5. The van der Waals surface area contributed by atoms with Crippen molar-refractivity contribution < 1.29 is 9.32 Å². The molecule has 2 aromatic rings. The fraction of sp³-hybridized carbons (Fsp3) is 0.308. The second-order valence-electron chi connectivity index (χ2n) is 4.54. The van der Waals surface area contributed by atoms with Crippen LogP contribution in [0.5, 0.6) is 0 Å². The van der Waals surface area contributed by atoms with Crippen molar-refractivity contribution >= 4 is 23.2 Å². The van der Waals surface area contributed by atoms with Gasteiger partial charge in [0.2, 0.25) is 5.89 Å². The van der Waals surface area contributed by atoms with Crippen LogP contribution in [-0.2, 0) is 0 Å². The number of rotatable bonds is 3. The number of amides is 1. The number of nitrogens with zero attached hydrogens (tertiary/aromatic N) is 2. The fourth-order valence-electron chi connectivity index (χ4n) is 2.11. The van der Waals surface area contributed by atoms with Gasteiger partial charge in [0.1, 0.15) is 0 Å². The van der Waals surface area contributed by atoms with Crippen molar-refractivity contribution in [2.75, 3.05) is 11.9 Å². The molecule has 0 radical (unpaired) electrons. The van der Waals surface area contributed by atoms with Crippen molar-refractivity contribution in [1.82, 2.24) is 15.5 Å². The van der Waals surface area contributed by atoms with E-state index in [4.69, 9.17) is 16.1 Å². The normalized spacial score (nSPS) is 18.1. The topological polar surface area (TPSA) is 80.0 Å². The molecular formula is C13H13ClN4O2. The monoisotopic (exact) mass is 292 g/mol. The number of anilines is 1. The molecule has 0 spiro atoms. The highest BCUT2D eigenvalue weighted by molar-refractivity contribution is 6.33. The zero-order valence-corrected chi connectivity index (χ0v) is 11.4. The molecule has 1 saturated heterocycles. The molecule has 104 valence electrons. The van der Waals surface area contributed by atoms with E-state index in [1.807, 2.05) is 0 Å². The smallest absolute Gasteiger partial charge is 0.297 e. The molecule has 1 aromatic carbocycles. The summed E-state index contributed by atoms with van der Waals surface area (Å²) in [5, 5.41) is 10.1. The van der Waals surface area contributed by atoms with Crippen LogP contribution in [0.4, 0.5) is 5.69 Å². The molecule has 1 fully saturated rings. The summed E-state index contributed by atoms with van der Waals surface area (Å²) in [7, 11) is 0. The van der Waals surface area contributed by atoms with Crippen molar-refractivity contribution in [1.29, 1.82) is 0 Å². The first-order valence-corrected chi connectivity index (χ1v) is 6.75. The Kier molecular flexibility index (Phi) is 3.66. The number of aromatic nitrogens is 2. The molecule has 2 N–H and O–H groups in total. The van der Waals surface area contributed by atoms with Gasteiger partial charge in [-0.15, -0.1) is 0 Å². The third-order valence-corrected chi connectivity index (χ3v) is 3.45. The summed E-state index contributed by atoms with van der Waals surface area (Å²) in [5.74, 6) is 0.0199. The lowest BCUT2D eigenvalue weighted by Gasteiger charge is -2.04. The molecule has 0 aliphatic carbocycles. The predicted octanol–water partition coefficient (Wildman–Crippen LogP) is 2.40. The summed E-state index contributed by atoms with van der Waals surface area (Å²) < 4.78 is 5.12. The lowest BCUT2D eigenvalue weighted by atomic mass is 10.2. The third-order valence-electron chi connectivity index (χ3n) is 3.13. The maximum absolute atomic E-state index is 12.0. The number of carbonyl (C=O) groups excluding carboxylic acids is 1. The molecule has 20 heavy (non-hydrogen) atoms. The van der Waals surface area contributed by atoms with Crippen LogP contribution in [0.1, 0.15) is 35.4 Å². The van der Waals surface area contributed by atoms with Gasteiger partial charge in [-0.2, -0.15) is 4.98 Å². The number of halogens is 1. The Hall–Kier alpha value is -1.92. The number of nitrogens with one attached hydrogen (secondary N) is 2. The van der Waals surface area contributed by atoms with Gasteiger partial charge in [0.25, 0.3) is 11.7 Å². The van der Waals surface area contributed by atoms with Gasteiger partial charge in [-0.1, -0.05) is 28.9 Å². The van der Waals surface area contributed by atoms with Crippen molar-refractivity contribution in [2.45, 2.75) is 18.9 Å². The summed E-state index contributed by atoms with van der Waals surface area (Å²) in [6, 6.07) is 7.02. The van der Waals surface area contributed by atoms with E-state index in [1.165, 1.54) is 0 Å². The molecule has 2 heterocycles. The van der Waals surface area contributed by atoms with Crippen LogP contribution in [0.25, 0.3) is 0 Å². The van der Waals surface area contributed by atoms with E-state index in [2.05, 4.69) is 20.8 Å². The van der Waals surface area contributed by atoms with Gasteiger partial charge in [-0.3, -0.25) is 4.79 Å². The second kappa shape index (κ2) is 5.60. The molecule has 1 aromatic heterocycles. The van der Waals surface area contributed by atoms with Gasteiger partial charge in [-0.05, 0) is 31.5 Å². The Balaban J connectivity index is 1.73. The molecule has 7 heteroatoms. The van der Waals surface area contributed by atoms with Crippen LogP contribution in [0.2, 0.25) is 5.02 Å². The molecule has 1 atom stereocenters. The van der Waals surface area contributed by atoms with Gasteiger partial charge >= 0.3 is 0 Å². The fourth-order valence-corrected chi connectivity index (χ4v) is 2.29. The highest BCUT2D eigenvalue weighted by Gasteiger charge is 2.24. The molecular weight excluding hydrogens is 280 g/mol. The summed E-state index contributed by atoms with van der Waals surface area (Å²) in [4.78, 5) is 16.1. The molecule has 0 bridgehead atoms. The first kappa shape index (κ1) is 13.1. The lowest BCUT2D eigenvalue weighted by Crippen LogP contribution is -2.16. The standard InChI is InChI=1S/C13H13ClN4O2/c14-8-4-1-2-5-9(8)16-12(19)11-17-13(20-18-11)10-6-3-7-15-10/h1-2,4-5,10,15H,3,6-7H2,(H,16,19). The van der Waals surface area contributed by atoms with Crippen molar-refractivity contribution in [3.05, 3.63) is 41.0 Å². The van der Waals surface area contributed by atoms with Gasteiger partial charge in [0, 0.05) is 0 Å². The average molecular weight is 293 g/mol. The summed E-state index contributed by atoms with van der Waals surface area (Å²) in [5.41, 5.74) is 0.518. The quantitative estimate of drug-likeness (QED) is 0.908. The number of hydrogen-bond donors (Lipinski definition) is 2. The molecule has 6 nitrogen and oxygen atoms in total. The Morgan fingerprint density at radius 2 is 2.30 bits per heavy atom. The van der Waals surface area contributed by atoms with Crippen molar-refractivity contribution in [2.24, 2.45) is 0 Å². The SMILES string of the molecule is O=C(Nc1ccccc1Cl)c1noc(C2CCCN2)n1. The molecule has 1 unspecified atom stereocenters. The first-order chi connectivity index (χ1) is 9.74. The molecule has 1 aliphatic heterocycles. The summed E-state index contributed by atoms with van der Waals surface area (Å²) in [6.07, 6.45) is 2.00. The Morgan fingerprint density at radius 1 is 1.45 bits per heavy atom. The number of benzene rings is 1. The minimum absolute atomic E-state index is 0.00798. The first-order valence-electron chi connectivity index (χ1n) is 6.37. The summed E-state index contributed by atoms with van der Waals surface area (Å²) in [6.45, 7) is 0.925. The van der Waals surface area contributed by atoms with Crippen molar-refractivity contribution in [3.8, 4) is 0 Å². The van der Waals surface area contributed by atoms with Crippen LogP contribution < -0.4 is 10.6 Å². The minimum atomic E-state index is -0.439. The van der Waals surface area contributed by atoms with E-state index in [9.17, 15) is 4.79 Å². The zero-order chi connectivity index (χ0) is 13.9. The van der Waals surface area contributed by atoms with Gasteiger partial charge in [0.05, 0.1) is 16.8 Å². The van der Waals surface area contributed by atoms with Gasteiger partial charge < -0.3 is 15.2 Å². The third kappa shape index (κ3) is 2.66. The molecule has 3 rings (SSSR count). The van der Waals surface area contributed by atoms with Gasteiger partial charge in [-0.25, -0.2) is 0 Å². The van der Waals surface area contributed by atoms with Crippen molar-refractivity contribution in [3.63, 3.8) is 0 Å². The molecule has 1 aliphatic rings. The van der Waals surface area contributed by atoms with E-state index in [-0.39, 0.29) is 11.9 Å².